The van der Waals surface area contributed by atoms with Gasteiger partial charge in [0.25, 0.3) is 0 Å². The number of amides is 2. The molecule has 0 aliphatic carbocycles. The standard InChI is InChI=1S/C23H28N6O/c30-23(27-21-10-6-11-24-22(21)29-15-7-12-26-29)25-17-19-8-5-9-20(16-19)18-28-13-3-1-2-4-14-28/h5-12,15-16H,1-4,13-14,17-18H2,(H2,25,27,30). The summed E-state index contributed by atoms with van der Waals surface area (Å²) >= 11 is 0. The van der Waals surface area contributed by atoms with Crippen molar-refractivity contribution >= 4 is 11.7 Å². The lowest BCUT2D eigenvalue weighted by Gasteiger charge is -2.20. The Kier molecular flexibility index (Phi) is 6.72. The average Bonchev–Trinajstić information content (AvgIpc) is 3.18. The molecule has 2 amide bonds. The molecule has 1 saturated heterocycles. The van der Waals surface area contributed by atoms with Gasteiger partial charge in [0.2, 0.25) is 0 Å². The van der Waals surface area contributed by atoms with Crippen molar-refractivity contribution in [3.8, 4) is 5.82 Å². The summed E-state index contributed by atoms with van der Waals surface area (Å²) in [6.45, 7) is 3.79. The third kappa shape index (κ3) is 5.45. The van der Waals surface area contributed by atoms with Crippen LogP contribution in [0.15, 0.2) is 61.1 Å². The minimum absolute atomic E-state index is 0.269. The Morgan fingerprint density at radius 3 is 2.60 bits per heavy atom. The zero-order valence-corrected chi connectivity index (χ0v) is 17.1. The highest BCUT2D eigenvalue weighted by Gasteiger charge is 2.11. The highest BCUT2D eigenvalue weighted by molar-refractivity contribution is 5.90. The second-order valence-corrected chi connectivity index (χ2v) is 7.64. The number of urea groups is 1. The number of benzene rings is 1. The average molecular weight is 405 g/mol. The molecule has 0 saturated carbocycles. The smallest absolute Gasteiger partial charge is 0.319 e. The monoisotopic (exact) mass is 404 g/mol. The number of carbonyl (C=O) groups excluding carboxylic acids is 1. The van der Waals surface area contributed by atoms with Crippen molar-refractivity contribution < 1.29 is 4.79 Å². The minimum Gasteiger partial charge on any atom is -0.334 e. The molecule has 156 valence electrons. The summed E-state index contributed by atoms with van der Waals surface area (Å²) in [5, 5.41) is 10.0. The number of carbonyl (C=O) groups is 1. The molecule has 0 radical (unpaired) electrons. The molecule has 1 fully saturated rings. The van der Waals surface area contributed by atoms with Crippen molar-refractivity contribution in [1.82, 2.24) is 25.0 Å². The van der Waals surface area contributed by atoms with Crippen LogP contribution in [0.25, 0.3) is 5.82 Å². The fraction of sp³-hybridized carbons (Fsp3) is 0.348. The molecule has 0 unspecified atom stereocenters. The molecule has 7 nitrogen and oxygen atoms in total. The maximum atomic E-state index is 12.5. The predicted octanol–water partition coefficient (Wildman–Crippen LogP) is 3.97. The maximum Gasteiger partial charge on any atom is 0.319 e. The highest BCUT2D eigenvalue weighted by Crippen LogP contribution is 2.16. The SMILES string of the molecule is O=C(NCc1cccc(CN2CCCCCC2)c1)Nc1cccnc1-n1cccn1. The third-order valence-corrected chi connectivity index (χ3v) is 5.31. The fourth-order valence-electron chi connectivity index (χ4n) is 3.81. The van der Waals surface area contributed by atoms with Crippen LogP contribution < -0.4 is 10.6 Å². The number of anilines is 1. The summed E-state index contributed by atoms with van der Waals surface area (Å²) in [6, 6.07) is 13.6. The Morgan fingerprint density at radius 1 is 0.967 bits per heavy atom. The first-order chi connectivity index (χ1) is 14.8. The van der Waals surface area contributed by atoms with Crippen molar-refractivity contribution in [2.75, 3.05) is 18.4 Å². The summed E-state index contributed by atoms with van der Waals surface area (Å²) in [4.78, 5) is 19.3. The first kappa shape index (κ1) is 20.1. The van der Waals surface area contributed by atoms with E-state index in [0.717, 1.165) is 12.1 Å². The van der Waals surface area contributed by atoms with Gasteiger partial charge in [0.05, 0.1) is 5.69 Å². The highest BCUT2D eigenvalue weighted by atomic mass is 16.2. The summed E-state index contributed by atoms with van der Waals surface area (Å²) < 4.78 is 1.63. The number of hydrogen-bond acceptors (Lipinski definition) is 4. The maximum absolute atomic E-state index is 12.5. The van der Waals surface area contributed by atoms with E-state index >= 15 is 0 Å². The molecule has 2 N–H and O–H groups in total. The van der Waals surface area contributed by atoms with Crippen LogP contribution in [-0.4, -0.2) is 38.8 Å². The van der Waals surface area contributed by atoms with Gasteiger partial charge in [-0.2, -0.15) is 5.10 Å². The first-order valence-corrected chi connectivity index (χ1v) is 10.6. The van der Waals surface area contributed by atoms with E-state index in [1.807, 2.05) is 18.2 Å². The fourth-order valence-corrected chi connectivity index (χ4v) is 3.81. The van der Waals surface area contributed by atoms with Gasteiger partial charge < -0.3 is 10.6 Å². The molecule has 7 heteroatoms. The summed E-state index contributed by atoms with van der Waals surface area (Å²) in [6.07, 6.45) is 10.4. The number of pyridine rings is 1. The van der Waals surface area contributed by atoms with E-state index in [1.165, 1.54) is 44.3 Å². The molecule has 0 spiro atoms. The number of likely N-dealkylation sites (tertiary alicyclic amines) is 1. The van der Waals surface area contributed by atoms with Crippen LogP contribution >= 0.6 is 0 Å². The van der Waals surface area contributed by atoms with Crippen molar-refractivity contribution in [1.29, 1.82) is 0 Å². The van der Waals surface area contributed by atoms with E-state index < -0.39 is 0 Å². The molecular weight excluding hydrogens is 376 g/mol. The first-order valence-electron chi connectivity index (χ1n) is 10.6. The Hall–Kier alpha value is -3.19. The number of hydrogen-bond donors (Lipinski definition) is 2. The quantitative estimate of drug-likeness (QED) is 0.652. The van der Waals surface area contributed by atoms with Gasteiger partial charge in [0.15, 0.2) is 5.82 Å². The van der Waals surface area contributed by atoms with Crippen LogP contribution in [0, 0.1) is 0 Å². The van der Waals surface area contributed by atoms with Crippen molar-refractivity contribution in [3.63, 3.8) is 0 Å². The Balaban J connectivity index is 1.33. The van der Waals surface area contributed by atoms with Crippen molar-refractivity contribution in [2.45, 2.75) is 38.8 Å². The van der Waals surface area contributed by atoms with Crippen LogP contribution in [-0.2, 0) is 13.1 Å². The molecule has 3 aromatic rings. The van der Waals surface area contributed by atoms with Gasteiger partial charge in [-0.15, -0.1) is 0 Å². The van der Waals surface area contributed by atoms with Crippen LogP contribution in [0.3, 0.4) is 0 Å². The third-order valence-electron chi connectivity index (χ3n) is 5.31. The van der Waals surface area contributed by atoms with E-state index in [9.17, 15) is 4.79 Å². The van der Waals surface area contributed by atoms with Gasteiger partial charge in [0, 0.05) is 31.7 Å². The number of rotatable bonds is 6. The molecule has 0 atom stereocenters. The Labute approximate surface area is 177 Å². The van der Waals surface area contributed by atoms with E-state index in [-0.39, 0.29) is 6.03 Å². The predicted molar refractivity (Wildman–Crippen MR) is 117 cm³/mol. The van der Waals surface area contributed by atoms with E-state index in [1.54, 1.807) is 29.3 Å². The van der Waals surface area contributed by atoms with Crippen molar-refractivity contribution in [2.24, 2.45) is 0 Å². The molecule has 4 rings (SSSR count). The lowest BCUT2D eigenvalue weighted by atomic mass is 10.1. The molecule has 1 aliphatic heterocycles. The van der Waals surface area contributed by atoms with E-state index in [0.29, 0.717) is 18.1 Å². The molecular formula is C23H28N6O. The summed E-state index contributed by atoms with van der Waals surface area (Å²) in [5.74, 6) is 0.581. The van der Waals surface area contributed by atoms with E-state index in [2.05, 4.69) is 43.8 Å². The van der Waals surface area contributed by atoms with Gasteiger partial charge in [-0.05, 0) is 55.3 Å². The lowest BCUT2D eigenvalue weighted by Crippen LogP contribution is -2.29. The van der Waals surface area contributed by atoms with Crippen molar-refractivity contribution in [3.05, 3.63) is 72.2 Å². The van der Waals surface area contributed by atoms with Crippen LogP contribution in [0.2, 0.25) is 0 Å². The second kappa shape index (κ2) is 10.0. The number of nitrogens with zero attached hydrogens (tertiary/aromatic N) is 4. The lowest BCUT2D eigenvalue weighted by molar-refractivity contribution is 0.251. The molecule has 0 bridgehead atoms. The largest absolute Gasteiger partial charge is 0.334 e. The van der Waals surface area contributed by atoms with Gasteiger partial charge in [-0.3, -0.25) is 4.90 Å². The van der Waals surface area contributed by atoms with Gasteiger partial charge in [-0.25, -0.2) is 14.5 Å². The van der Waals surface area contributed by atoms with Gasteiger partial charge >= 0.3 is 6.03 Å². The molecule has 1 aliphatic rings. The molecule has 2 aromatic heterocycles. The normalized spacial score (nSPS) is 14.8. The number of nitrogens with one attached hydrogen (secondary N) is 2. The number of aromatic nitrogens is 3. The summed E-state index contributed by atoms with van der Waals surface area (Å²) in [5.41, 5.74) is 2.99. The summed E-state index contributed by atoms with van der Waals surface area (Å²) in [7, 11) is 0. The van der Waals surface area contributed by atoms with Gasteiger partial charge in [-0.1, -0.05) is 37.1 Å². The topological polar surface area (TPSA) is 75.1 Å². The van der Waals surface area contributed by atoms with Crippen LogP contribution in [0.4, 0.5) is 10.5 Å². The molecule has 3 heterocycles. The zero-order chi connectivity index (χ0) is 20.6. The Morgan fingerprint density at radius 2 is 1.80 bits per heavy atom. The molecule has 1 aromatic carbocycles. The Bertz CT molecular complexity index is 948. The molecule has 30 heavy (non-hydrogen) atoms. The van der Waals surface area contributed by atoms with Crippen LogP contribution in [0.1, 0.15) is 36.8 Å². The van der Waals surface area contributed by atoms with Gasteiger partial charge in [0.1, 0.15) is 0 Å². The van der Waals surface area contributed by atoms with E-state index in [4.69, 9.17) is 0 Å². The van der Waals surface area contributed by atoms with Crippen LogP contribution in [0.5, 0.6) is 0 Å². The minimum atomic E-state index is -0.269. The second-order valence-electron chi connectivity index (χ2n) is 7.64. The zero-order valence-electron chi connectivity index (χ0n) is 17.1.